The smallest absolute Gasteiger partial charge is 0.280 e. The average molecular weight is 506 g/mol. The van der Waals surface area contributed by atoms with E-state index in [-0.39, 0.29) is 22.9 Å². The van der Waals surface area contributed by atoms with Crippen molar-refractivity contribution in [1.29, 1.82) is 0 Å². The van der Waals surface area contributed by atoms with Crippen LogP contribution in [0.25, 0.3) is 11.1 Å². The van der Waals surface area contributed by atoms with Gasteiger partial charge in [0.25, 0.3) is 10.2 Å². The quantitative estimate of drug-likeness (QED) is 0.534. The number of likely N-dealkylation sites (N-methyl/N-ethyl adjacent to an activating group) is 1. The van der Waals surface area contributed by atoms with Gasteiger partial charge in [-0.3, -0.25) is 4.79 Å². The summed E-state index contributed by atoms with van der Waals surface area (Å²) in [5.41, 5.74) is 3.00. The summed E-state index contributed by atoms with van der Waals surface area (Å²) in [5, 5.41) is 2.45. The number of halogens is 3. The first-order valence-corrected chi connectivity index (χ1v) is 12.2. The maximum absolute atomic E-state index is 13.7. The van der Waals surface area contributed by atoms with E-state index in [0.717, 1.165) is 21.5 Å². The number of carbonyl (C=O) groups excluding carboxylic acids is 1. The van der Waals surface area contributed by atoms with E-state index in [4.69, 9.17) is 11.6 Å². The standard InChI is InChI=1S/C24H22ClF2N3O3S/c1-14-10-16(6-8-20(14)26)15-4-3-5-17(11-15)22-13-23(30(2)34(32,33)29-22)24(31)28-18-7-9-21(27)19(25)12-18/h3-12,22-23,29H,13H2,1-2H3,(H,28,31)/t22-,23+/m0/s1. The summed E-state index contributed by atoms with van der Waals surface area (Å²) in [6.45, 7) is 1.67. The topological polar surface area (TPSA) is 78.5 Å². The van der Waals surface area contributed by atoms with Gasteiger partial charge in [0, 0.05) is 18.8 Å². The zero-order valence-corrected chi connectivity index (χ0v) is 19.9. The molecule has 1 fully saturated rings. The first kappa shape index (κ1) is 24.3. The van der Waals surface area contributed by atoms with Gasteiger partial charge >= 0.3 is 0 Å². The van der Waals surface area contributed by atoms with Crippen molar-refractivity contribution >= 4 is 33.4 Å². The zero-order valence-electron chi connectivity index (χ0n) is 18.3. The van der Waals surface area contributed by atoms with Crippen LogP contribution in [0.4, 0.5) is 14.5 Å². The Morgan fingerprint density at radius 2 is 1.76 bits per heavy atom. The molecule has 6 nitrogen and oxygen atoms in total. The molecule has 0 aromatic heterocycles. The van der Waals surface area contributed by atoms with Crippen molar-refractivity contribution in [3.8, 4) is 11.1 Å². The predicted octanol–water partition coefficient (Wildman–Crippen LogP) is 4.81. The van der Waals surface area contributed by atoms with Crippen molar-refractivity contribution in [1.82, 2.24) is 9.03 Å². The second-order valence-electron chi connectivity index (χ2n) is 8.15. The molecule has 0 unspecified atom stereocenters. The Labute approximate surface area is 201 Å². The molecule has 178 valence electrons. The fourth-order valence-corrected chi connectivity index (χ4v) is 5.34. The van der Waals surface area contributed by atoms with Crippen LogP contribution in [0.15, 0.2) is 60.7 Å². The first-order valence-electron chi connectivity index (χ1n) is 10.4. The number of carbonyl (C=O) groups is 1. The van der Waals surface area contributed by atoms with Gasteiger partial charge in [-0.25, -0.2) is 8.78 Å². The Morgan fingerprint density at radius 3 is 2.47 bits per heavy atom. The fourth-order valence-electron chi connectivity index (χ4n) is 3.89. The van der Waals surface area contributed by atoms with Crippen LogP contribution >= 0.6 is 11.6 Å². The molecule has 1 aliphatic heterocycles. The molecule has 1 saturated heterocycles. The highest BCUT2D eigenvalue weighted by Crippen LogP contribution is 2.31. The van der Waals surface area contributed by atoms with E-state index >= 15 is 0 Å². The van der Waals surface area contributed by atoms with Crippen LogP contribution < -0.4 is 10.0 Å². The number of nitrogens with zero attached hydrogens (tertiary/aromatic N) is 1. The number of amides is 1. The van der Waals surface area contributed by atoms with Crippen molar-refractivity contribution < 1.29 is 22.0 Å². The van der Waals surface area contributed by atoms with E-state index < -0.39 is 34.0 Å². The van der Waals surface area contributed by atoms with Crippen molar-refractivity contribution in [2.75, 3.05) is 12.4 Å². The molecule has 4 rings (SSSR count). The van der Waals surface area contributed by atoms with Crippen LogP contribution in [0.5, 0.6) is 0 Å². The summed E-state index contributed by atoms with van der Waals surface area (Å²) in [4.78, 5) is 13.0. The maximum atomic E-state index is 13.7. The van der Waals surface area contributed by atoms with Crippen LogP contribution in [-0.4, -0.2) is 31.7 Å². The van der Waals surface area contributed by atoms with Gasteiger partial charge < -0.3 is 5.32 Å². The third kappa shape index (κ3) is 4.97. The number of hydrogen-bond donors (Lipinski definition) is 2. The number of benzene rings is 3. The van der Waals surface area contributed by atoms with Gasteiger partial charge in [-0.2, -0.15) is 17.4 Å². The summed E-state index contributed by atoms with van der Waals surface area (Å²) in [6.07, 6.45) is 0.155. The van der Waals surface area contributed by atoms with Gasteiger partial charge in [-0.05, 0) is 72.0 Å². The van der Waals surface area contributed by atoms with E-state index in [9.17, 15) is 22.0 Å². The Hall–Kier alpha value is -2.85. The molecule has 3 aromatic rings. The molecular weight excluding hydrogens is 484 g/mol. The molecule has 0 saturated carbocycles. The fraction of sp³-hybridized carbons (Fsp3) is 0.208. The molecule has 0 radical (unpaired) electrons. The largest absolute Gasteiger partial charge is 0.325 e. The molecule has 34 heavy (non-hydrogen) atoms. The Kier molecular flexibility index (Phi) is 6.73. The van der Waals surface area contributed by atoms with Crippen molar-refractivity contribution in [2.24, 2.45) is 0 Å². The van der Waals surface area contributed by atoms with Gasteiger partial charge in [0.1, 0.15) is 17.7 Å². The van der Waals surface area contributed by atoms with Crippen molar-refractivity contribution in [3.63, 3.8) is 0 Å². The molecule has 1 heterocycles. The number of nitrogens with one attached hydrogen (secondary N) is 2. The first-order chi connectivity index (χ1) is 16.0. The molecule has 2 atom stereocenters. The Morgan fingerprint density at radius 1 is 1.06 bits per heavy atom. The van der Waals surface area contributed by atoms with Crippen LogP contribution in [0.1, 0.15) is 23.6 Å². The van der Waals surface area contributed by atoms with E-state index in [1.807, 2.05) is 12.1 Å². The van der Waals surface area contributed by atoms with Crippen LogP contribution in [0.3, 0.4) is 0 Å². The molecule has 0 aliphatic carbocycles. The minimum atomic E-state index is -3.96. The second-order valence-corrected chi connectivity index (χ2v) is 10.3. The third-order valence-corrected chi connectivity index (χ3v) is 7.72. The summed E-state index contributed by atoms with van der Waals surface area (Å²) in [5.74, 6) is -1.50. The maximum Gasteiger partial charge on any atom is 0.280 e. The van der Waals surface area contributed by atoms with Crippen LogP contribution in [-0.2, 0) is 15.0 Å². The van der Waals surface area contributed by atoms with Gasteiger partial charge in [0.15, 0.2) is 0 Å². The highest BCUT2D eigenvalue weighted by Gasteiger charge is 2.40. The molecule has 1 aliphatic rings. The third-order valence-electron chi connectivity index (χ3n) is 5.84. The van der Waals surface area contributed by atoms with Gasteiger partial charge in [-0.1, -0.05) is 35.9 Å². The Bertz CT molecular complexity index is 1370. The van der Waals surface area contributed by atoms with E-state index in [0.29, 0.717) is 11.1 Å². The molecule has 0 spiro atoms. The average Bonchev–Trinajstić information content (AvgIpc) is 2.79. The molecular formula is C24H22ClF2N3O3S. The zero-order chi connectivity index (χ0) is 24.6. The van der Waals surface area contributed by atoms with E-state index in [2.05, 4.69) is 10.0 Å². The normalized spacial score (nSPS) is 20.1. The van der Waals surface area contributed by atoms with Gasteiger partial charge in [0.05, 0.1) is 5.02 Å². The number of aryl methyl sites for hydroxylation is 1. The lowest BCUT2D eigenvalue weighted by Gasteiger charge is -2.36. The number of hydrogen-bond acceptors (Lipinski definition) is 3. The summed E-state index contributed by atoms with van der Waals surface area (Å²) >= 11 is 5.78. The summed E-state index contributed by atoms with van der Waals surface area (Å²) in [7, 11) is -2.65. The highest BCUT2D eigenvalue weighted by atomic mass is 35.5. The van der Waals surface area contributed by atoms with Crippen molar-refractivity contribution in [2.45, 2.75) is 25.4 Å². The van der Waals surface area contributed by atoms with E-state index in [1.165, 1.54) is 25.2 Å². The van der Waals surface area contributed by atoms with Gasteiger partial charge in [0.2, 0.25) is 5.91 Å². The lowest BCUT2D eigenvalue weighted by atomic mass is 9.95. The summed E-state index contributed by atoms with van der Waals surface area (Å²) in [6, 6.07) is 14.0. The number of rotatable bonds is 4. The molecule has 1 amide bonds. The molecule has 10 heteroatoms. The molecule has 3 aromatic carbocycles. The molecule has 0 bridgehead atoms. The highest BCUT2D eigenvalue weighted by molar-refractivity contribution is 7.87. The van der Waals surface area contributed by atoms with Crippen molar-refractivity contribution in [3.05, 3.63) is 88.4 Å². The minimum absolute atomic E-state index is 0.155. The lowest BCUT2D eigenvalue weighted by molar-refractivity contribution is -0.120. The second kappa shape index (κ2) is 9.42. The molecule has 2 N–H and O–H groups in total. The number of anilines is 1. The summed E-state index contributed by atoms with van der Waals surface area (Å²) < 4.78 is 56.3. The van der Waals surface area contributed by atoms with Gasteiger partial charge in [-0.15, -0.1) is 0 Å². The van der Waals surface area contributed by atoms with Crippen LogP contribution in [0, 0.1) is 18.6 Å². The minimum Gasteiger partial charge on any atom is -0.325 e. The monoisotopic (exact) mass is 505 g/mol. The van der Waals surface area contributed by atoms with E-state index in [1.54, 1.807) is 31.2 Å². The SMILES string of the molecule is Cc1cc(-c2cccc([C@@H]3C[C@H](C(=O)Nc4ccc(F)c(Cl)c4)N(C)S(=O)(=O)N3)c2)ccc1F. The van der Waals surface area contributed by atoms with Crippen LogP contribution in [0.2, 0.25) is 5.02 Å². The predicted molar refractivity (Wildman–Crippen MR) is 128 cm³/mol. The lowest BCUT2D eigenvalue weighted by Crippen LogP contribution is -2.55. The Balaban J connectivity index is 1.61.